The van der Waals surface area contributed by atoms with E-state index in [0.717, 1.165) is 0 Å². The van der Waals surface area contributed by atoms with E-state index in [-0.39, 0.29) is 0 Å². The first kappa shape index (κ1) is 16.4. The number of rotatable bonds is 11. The van der Waals surface area contributed by atoms with Gasteiger partial charge >= 0.3 is 0 Å². The van der Waals surface area contributed by atoms with Crippen LogP contribution in [-0.4, -0.2) is 17.2 Å². The van der Waals surface area contributed by atoms with Gasteiger partial charge in [-0.1, -0.05) is 71.1 Å². The van der Waals surface area contributed by atoms with Crippen molar-refractivity contribution < 1.29 is 0 Å². The zero-order chi connectivity index (χ0) is 13.1. The summed E-state index contributed by atoms with van der Waals surface area (Å²) in [4.78, 5) is 0.403. The molecular formula is C16H33NS. The molecule has 1 unspecified atom stereocenters. The van der Waals surface area contributed by atoms with Gasteiger partial charge in [0.15, 0.2) is 0 Å². The van der Waals surface area contributed by atoms with Gasteiger partial charge in [0.25, 0.3) is 0 Å². The van der Waals surface area contributed by atoms with Crippen LogP contribution in [0.2, 0.25) is 0 Å². The maximum absolute atomic E-state index is 3.63. The van der Waals surface area contributed by atoms with Crippen LogP contribution in [0, 0.1) is 0 Å². The van der Waals surface area contributed by atoms with E-state index >= 15 is 0 Å². The largest absolute Gasteiger partial charge is 0.302 e. The van der Waals surface area contributed by atoms with Gasteiger partial charge < -0.3 is 5.32 Å². The van der Waals surface area contributed by atoms with Crippen molar-refractivity contribution >= 4 is 11.8 Å². The van der Waals surface area contributed by atoms with Crippen LogP contribution in [0.3, 0.4) is 0 Å². The Bertz CT molecular complexity index is 188. The molecule has 1 aliphatic rings. The van der Waals surface area contributed by atoms with Gasteiger partial charge in [-0.3, -0.25) is 0 Å². The Morgan fingerprint density at radius 2 is 1.44 bits per heavy atom. The molecule has 0 aromatic heterocycles. The molecule has 1 saturated heterocycles. The molecular weight excluding hydrogens is 238 g/mol. The maximum atomic E-state index is 3.63. The Morgan fingerprint density at radius 1 is 0.889 bits per heavy atom. The van der Waals surface area contributed by atoms with Crippen LogP contribution >= 0.6 is 11.8 Å². The molecule has 1 atom stereocenters. The molecule has 0 bridgehead atoms. The molecule has 1 nitrogen and oxygen atoms in total. The summed E-state index contributed by atoms with van der Waals surface area (Å²) in [5, 5.41) is 3.63. The van der Waals surface area contributed by atoms with Crippen molar-refractivity contribution in [3.8, 4) is 0 Å². The van der Waals surface area contributed by atoms with Crippen LogP contribution in [0.25, 0.3) is 0 Å². The Hall–Kier alpha value is 0.310. The maximum Gasteiger partial charge on any atom is 0.0617 e. The second kappa shape index (κ2) is 10.1. The Labute approximate surface area is 119 Å². The average Bonchev–Trinajstić information content (AvgIpc) is 2.79. The highest BCUT2D eigenvalue weighted by Gasteiger charge is 2.27. The van der Waals surface area contributed by atoms with E-state index < -0.39 is 0 Å². The second-order valence-electron chi connectivity index (χ2n) is 5.94. The number of nitrogens with one attached hydrogen (secondary N) is 1. The van der Waals surface area contributed by atoms with Crippen molar-refractivity contribution in [2.75, 3.05) is 12.3 Å². The van der Waals surface area contributed by atoms with Crippen LogP contribution < -0.4 is 5.32 Å². The molecule has 1 fully saturated rings. The monoisotopic (exact) mass is 271 g/mol. The highest BCUT2D eigenvalue weighted by molar-refractivity contribution is 8.00. The van der Waals surface area contributed by atoms with Gasteiger partial charge in [0.2, 0.25) is 0 Å². The van der Waals surface area contributed by atoms with E-state index in [4.69, 9.17) is 0 Å². The molecule has 0 aromatic carbocycles. The summed E-state index contributed by atoms with van der Waals surface area (Å²) in [6.07, 6.45) is 15.8. The van der Waals surface area contributed by atoms with Gasteiger partial charge in [-0.05, 0) is 13.3 Å². The van der Waals surface area contributed by atoms with Crippen molar-refractivity contribution in [1.29, 1.82) is 0 Å². The van der Waals surface area contributed by atoms with Gasteiger partial charge in [0.05, 0.1) is 4.87 Å². The van der Waals surface area contributed by atoms with Crippen molar-refractivity contribution in [3.05, 3.63) is 0 Å². The third kappa shape index (κ3) is 7.68. The van der Waals surface area contributed by atoms with Crippen LogP contribution in [0.1, 0.15) is 84.5 Å². The molecule has 2 heteroatoms. The summed E-state index contributed by atoms with van der Waals surface area (Å²) in [6, 6.07) is 0. The Balaban J connectivity index is 1.78. The van der Waals surface area contributed by atoms with Gasteiger partial charge in [-0.2, -0.15) is 0 Å². The summed E-state index contributed by atoms with van der Waals surface area (Å²) >= 11 is 2.11. The van der Waals surface area contributed by atoms with Crippen molar-refractivity contribution in [1.82, 2.24) is 5.32 Å². The molecule has 1 aliphatic heterocycles. The molecule has 1 N–H and O–H groups in total. The second-order valence-corrected chi connectivity index (χ2v) is 7.54. The topological polar surface area (TPSA) is 12.0 Å². The lowest BCUT2D eigenvalue weighted by Gasteiger charge is -2.23. The third-order valence-electron chi connectivity index (χ3n) is 4.03. The normalized spacial score (nSPS) is 23.7. The zero-order valence-electron chi connectivity index (χ0n) is 12.6. The number of hydrogen-bond acceptors (Lipinski definition) is 2. The number of hydrogen-bond donors (Lipinski definition) is 1. The minimum atomic E-state index is 0.403. The van der Waals surface area contributed by atoms with Gasteiger partial charge in [-0.15, -0.1) is 11.8 Å². The van der Waals surface area contributed by atoms with E-state index in [1.54, 1.807) is 0 Å². The van der Waals surface area contributed by atoms with Gasteiger partial charge in [-0.25, -0.2) is 0 Å². The van der Waals surface area contributed by atoms with Crippen molar-refractivity contribution in [3.63, 3.8) is 0 Å². The molecule has 1 heterocycles. The standard InChI is InChI=1S/C16H33NS/c1-3-4-5-6-7-8-9-10-11-12-13-16(2)17-14-15-18-16/h17H,3-15H2,1-2H3. The summed E-state index contributed by atoms with van der Waals surface area (Å²) in [6.45, 7) is 5.87. The first-order valence-electron chi connectivity index (χ1n) is 8.16. The SMILES string of the molecule is CCCCCCCCCCCCC1(C)NCCS1. The van der Waals surface area contributed by atoms with E-state index in [1.165, 1.54) is 82.9 Å². The molecule has 0 aromatic rings. The van der Waals surface area contributed by atoms with E-state index in [2.05, 4.69) is 30.9 Å². The van der Waals surface area contributed by atoms with Gasteiger partial charge in [0, 0.05) is 12.3 Å². The zero-order valence-corrected chi connectivity index (χ0v) is 13.4. The molecule has 0 spiro atoms. The Kier molecular flexibility index (Phi) is 9.22. The van der Waals surface area contributed by atoms with E-state index in [1.807, 2.05) is 0 Å². The summed E-state index contributed by atoms with van der Waals surface area (Å²) in [5.74, 6) is 1.30. The lowest BCUT2D eigenvalue weighted by molar-refractivity contribution is 0.466. The van der Waals surface area contributed by atoms with Crippen LogP contribution in [0.15, 0.2) is 0 Å². The van der Waals surface area contributed by atoms with Crippen molar-refractivity contribution in [2.24, 2.45) is 0 Å². The Morgan fingerprint density at radius 3 is 1.94 bits per heavy atom. The minimum absolute atomic E-state index is 0.403. The number of thioether (sulfide) groups is 1. The first-order chi connectivity index (χ1) is 8.77. The molecule has 18 heavy (non-hydrogen) atoms. The molecule has 0 amide bonds. The average molecular weight is 272 g/mol. The lowest BCUT2D eigenvalue weighted by atomic mass is 10.0. The highest BCUT2D eigenvalue weighted by Crippen LogP contribution is 2.31. The predicted octanol–water partition coefficient (Wildman–Crippen LogP) is 5.35. The third-order valence-corrected chi connectivity index (χ3v) is 5.42. The molecule has 108 valence electrons. The smallest absolute Gasteiger partial charge is 0.0617 e. The molecule has 1 rings (SSSR count). The molecule has 0 saturated carbocycles. The molecule has 0 aliphatic carbocycles. The summed E-state index contributed by atoms with van der Waals surface area (Å²) in [5.41, 5.74) is 0. The first-order valence-corrected chi connectivity index (χ1v) is 9.14. The van der Waals surface area contributed by atoms with Crippen LogP contribution in [0.5, 0.6) is 0 Å². The van der Waals surface area contributed by atoms with Crippen LogP contribution in [0.4, 0.5) is 0 Å². The fraction of sp³-hybridized carbons (Fsp3) is 1.00. The fourth-order valence-electron chi connectivity index (χ4n) is 2.75. The number of unbranched alkanes of at least 4 members (excludes halogenated alkanes) is 9. The summed E-state index contributed by atoms with van der Waals surface area (Å²) < 4.78 is 0. The fourth-order valence-corrected chi connectivity index (χ4v) is 3.90. The molecule has 0 radical (unpaired) electrons. The van der Waals surface area contributed by atoms with Crippen molar-refractivity contribution in [2.45, 2.75) is 89.3 Å². The van der Waals surface area contributed by atoms with E-state index in [0.29, 0.717) is 4.87 Å². The highest BCUT2D eigenvalue weighted by atomic mass is 32.2. The van der Waals surface area contributed by atoms with Gasteiger partial charge in [0.1, 0.15) is 0 Å². The van der Waals surface area contributed by atoms with Crippen LogP contribution in [-0.2, 0) is 0 Å². The lowest BCUT2D eigenvalue weighted by Crippen LogP contribution is -2.33. The quantitative estimate of drug-likeness (QED) is 0.508. The minimum Gasteiger partial charge on any atom is -0.302 e. The predicted molar refractivity (Wildman–Crippen MR) is 85.3 cm³/mol. The van der Waals surface area contributed by atoms with E-state index in [9.17, 15) is 0 Å². The summed E-state index contributed by atoms with van der Waals surface area (Å²) in [7, 11) is 0.